The molecule has 1 N–H and O–H groups in total. The minimum Gasteiger partial charge on any atom is -0.351 e. The second kappa shape index (κ2) is 5.12. The van der Waals surface area contributed by atoms with Crippen LogP contribution in [0.2, 0.25) is 0 Å². The van der Waals surface area contributed by atoms with Gasteiger partial charge in [0.25, 0.3) is 5.91 Å². The summed E-state index contributed by atoms with van der Waals surface area (Å²) in [7, 11) is 0. The van der Waals surface area contributed by atoms with Gasteiger partial charge >= 0.3 is 0 Å². The van der Waals surface area contributed by atoms with Crippen LogP contribution in [0.25, 0.3) is 0 Å². The summed E-state index contributed by atoms with van der Waals surface area (Å²) in [6.07, 6.45) is 5.18. The minimum absolute atomic E-state index is 0.0591. The molecule has 82 valence electrons. The molecule has 1 aliphatic rings. The molecule has 4 heteroatoms. The first-order valence-corrected chi connectivity index (χ1v) is 6.96. The van der Waals surface area contributed by atoms with Crippen LogP contribution in [0.3, 0.4) is 0 Å². The number of hydrogen-bond donors (Lipinski definition) is 1. The van der Waals surface area contributed by atoms with Crippen LogP contribution in [-0.2, 0) is 0 Å². The van der Waals surface area contributed by atoms with E-state index in [2.05, 4.69) is 21.2 Å². The number of rotatable bonds is 3. The third-order valence-corrected chi connectivity index (χ3v) is 4.69. The Bertz CT molecular complexity index is 344. The molecular formula is C11H14BrNOS. The van der Waals surface area contributed by atoms with Crippen molar-refractivity contribution in [3.8, 4) is 0 Å². The summed E-state index contributed by atoms with van der Waals surface area (Å²) >= 11 is 4.85. The lowest BCUT2D eigenvalue weighted by atomic mass is 10.1. The second-order valence-corrected chi connectivity index (χ2v) is 5.73. The van der Waals surface area contributed by atoms with Crippen LogP contribution in [0.5, 0.6) is 0 Å². The number of carbonyl (C=O) groups excluding carboxylic acids is 1. The molecule has 1 aliphatic carbocycles. The van der Waals surface area contributed by atoms with E-state index in [1.54, 1.807) is 0 Å². The SMILES string of the molecule is O=C(NCC1CCCC1)c1sccc1Br. The van der Waals surface area contributed by atoms with E-state index in [1.165, 1.54) is 37.0 Å². The van der Waals surface area contributed by atoms with Crippen molar-refractivity contribution in [2.24, 2.45) is 5.92 Å². The van der Waals surface area contributed by atoms with Gasteiger partial charge in [0.2, 0.25) is 0 Å². The average Bonchev–Trinajstić information content (AvgIpc) is 2.84. The zero-order chi connectivity index (χ0) is 10.7. The molecule has 15 heavy (non-hydrogen) atoms. The third-order valence-electron chi connectivity index (χ3n) is 2.85. The lowest BCUT2D eigenvalue weighted by Crippen LogP contribution is -2.27. The van der Waals surface area contributed by atoms with Gasteiger partial charge in [0.05, 0.1) is 0 Å². The topological polar surface area (TPSA) is 29.1 Å². The van der Waals surface area contributed by atoms with Gasteiger partial charge in [-0.25, -0.2) is 0 Å². The second-order valence-electron chi connectivity index (χ2n) is 3.96. The third kappa shape index (κ3) is 2.82. The predicted molar refractivity (Wildman–Crippen MR) is 66.3 cm³/mol. The molecule has 0 unspecified atom stereocenters. The molecule has 0 atom stereocenters. The van der Waals surface area contributed by atoms with Crippen LogP contribution >= 0.6 is 27.3 Å². The summed E-state index contributed by atoms with van der Waals surface area (Å²) < 4.78 is 0.899. The molecule has 1 fully saturated rings. The molecule has 0 bridgehead atoms. The molecule has 1 amide bonds. The van der Waals surface area contributed by atoms with E-state index in [0.717, 1.165) is 15.9 Å². The first kappa shape index (κ1) is 11.1. The molecule has 0 radical (unpaired) electrons. The summed E-state index contributed by atoms with van der Waals surface area (Å²) in [5, 5.41) is 4.93. The molecule has 1 heterocycles. The van der Waals surface area contributed by atoms with E-state index < -0.39 is 0 Å². The van der Waals surface area contributed by atoms with Crippen molar-refractivity contribution in [3.05, 3.63) is 20.8 Å². The van der Waals surface area contributed by atoms with Crippen molar-refractivity contribution in [1.82, 2.24) is 5.32 Å². The van der Waals surface area contributed by atoms with Crippen molar-refractivity contribution in [1.29, 1.82) is 0 Å². The monoisotopic (exact) mass is 287 g/mol. The maximum Gasteiger partial charge on any atom is 0.262 e. The fourth-order valence-electron chi connectivity index (χ4n) is 1.99. The predicted octanol–water partition coefficient (Wildman–Crippen LogP) is 3.43. The summed E-state index contributed by atoms with van der Waals surface area (Å²) in [6.45, 7) is 0.836. The van der Waals surface area contributed by atoms with E-state index in [-0.39, 0.29) is 5.91 Å². The first-order valence-electron chi connectivity index (χ1n) is 5.28. The van der Waals surface area contributed by atoms with Gasteiger partial charge in [-0.3, -0.25) is 4.79 Å². The highest BCUT2D eigenvalue weighted by Gasteiger charge is 2.17. The molecule has 2 rings (SSSR count). The normalized spacial score (nSPS) is 16.9. The lowest BCUT2D eigenvalue weighted by Gasteiger charge is -2.09. The summed E-state index contributed by atoms with van der Waals surface area (Å²) in [5.74, 6) is 0.761. The molecule has 2 nitrogen and oxygen atoms in total. The van der Waals surface area contributed by atoms with E-state index >= 15 is 0 Å². The Kier molecular flexibility index (Phi) is 3.81. The van der Waals surface area contributed by atoms with Gasteiger partial charge in [-0.1, -0.05) is 12.8 Å². The quantitative estimate of drug-likeness (QED) is 0.907. The van der Waals surface area contributed by atoms with Gasteiger partial charge in [-0.2, -0.15) is 0 Å². The van der Waals surface area contributed by atoms with Gasteiger partial charge in [-0.05, 0) is 46.1 Å². The number of halogens is 1. The largest absolute Gasteiger partial charge is 0.351 e. The Morgan fingerprint density at radius 2 is 2.27 bits per heavy atom. The van der Waals surface area contributed by atoms with E-state index in [9.17, 15) is 4.79 Å². The first-order chi connectivity index (χ1) is 7.27. The zero-order valence-electron chi connectivity index (χ0n) is 8.46. The maximum atomic E-state index is 11.8. The van der Waals surface area contributed by atoms with Crippen LogP contribution in [0.1, 0.15) is 35.4 Å². The molecule has 0 saturated heterocycles. The Hall–Kier alpha value is -0.350. The molecule has 1 saturated carbocycles. The minimum atomic E-state index is 0.0591. The fraction of sp³-hybridized carbons (Fsp3) is 0.545. The molecule has 0 aliphatic heterocycles. The number of nitrogens with one attached hydrogen (secondary N) is 1. The van der Waals surface area contributed by atoms with Crippen LogP contribution in [0.15, 0.2) is 15.9 Å². The van der Waals surface area contributed by atoms with E-state index in [0.29, 0.717) is 5.92 Å². The van der Waals surface area contributed by atoms with Gasteiger partial charge < -0.3 is 5.32 Å². The highest BCUT2D eigenvalue weighted by molar-refractivity contribution is 9.10. The van der Waals surface area contributed by atoms with Gasteiger partial charge in [0.15, 0.2) is 0 Å². The Morgan fingerprint density at radius 3 is 2.87 bits per heavy atom. The number of hydrogen-bond acceptors (Lipinski definition) is 2. The number of amides is 1. The maximum absolute atomic E-state index is 11.8. The van der Waals surface area contributed by atoms with Crippen molar-refractivity contribution < 1.29 is 4.79 Å². The van der Waals surface area contributed by atoms with E-state index in [1.807, 2.05) is 11.4 Å². The number of carbonyl (C=O) groups is 1. The highest BCUT2D eigenvalue weighted by Crippen LogP contribution is 2.25. The fourth-order valence-corrected chi connectivity index (χ4v) is 3.46. The van der Waals surface area contributed by atoms with Crippen molar-refractivity contribution >= 4 is 33.2 Å². The Labute approximate surface area is 102 Å². The molecule has 1 aromatic heterocycles. The van der Waals surface area contributed by atoms with Crippen LogP contribution in [0.4, 0.5) is 0 Å². The summed E-state index contributed by atoms with van der Waals surface area (Å²) in [5.41, 5.74) is 0. The molecule has 0 spiro atoms. The molecule has 0 aromatic carbocycles. The van der Waals surface area contributed by atoms with Crippen LogP contribution in [0, 0.1) is 5.92 Å². The zero-order valence-corrected chi connectivity index (χ0v) is 10.9. The smallest absolute Gasteiger partial charge is 0.262 e. The number of thiophene rings is 1. The van der Waals surface area contributed by atoms with Crippen LogP contribution in [-0.4, -0.2) is 12.5 Å². The van der Waals surface area contributed by atoms with Gasteiger partial charge in [0.1, 0.15) is 4.88 Å². The standard InChI is InChI=1S/C11H14BrNOS/c12-9-5-6-15-10(9)11(14)13-7-8-3-1-2-4-8/h5-6,8H,1-4,7H2,(H,13,14). The van der Waals surface area contributed by atoms with Crippen molar-refractivity contribution in [2.75, 3.05) is 6.54 Å². The molecule has 1 aromatic rings. The summed E-state index contributed by atoms with van der Waals surface area (Å²) in [4.78, 5) is 12.5. The van der Waals surface area contributed by atoms with Gasteiger partial charge in [0, 0.05) is 11.0 Å². The summed E-state index contributed by atoms with van der Waals surface area (Å²) in [6, 6.07) is 1.91. The van der Waals surface area contributed by atoms with Crippen molar-refractivity contribution in [3.63, 3.8) is 0 Å². The lowest BCUT2D eigenvalue weighted by molar-refractivity contribution is 0.0951. The Morgan fingerprint density at radius 1 is 1.53 bits per heavy atom. The Balaban J connectivity index is 1.84. The van der Waals surface area contributed by atoms with Crippen molar-refractivity contribution in [2.45, 2.75) is 25.7 Å². The average molecular weight is 288 g/mol. The highest BCUT2D eigenvalue weighted by atomic mass is 79.9. The van der Waals surface area contributed by atoms with Gasteiger partial charge in [-0.15, -0.1) is 11.3 Å². The van der Waals surface area contributed by atoms with Crippen LogP contribution < -0.4 is 5.32 Å². The van der Waals surface area contributed by atoms with E-state index in [4.69, 9.17) is 0 Å². The molecular weight excluding hydrogens is 274 g/mol.